The van der Waals surface area contributed by atoms with Gasteiger partial charge in [-0.1, -0.05) is 34.8 Å². The van der Waals surface area contributed by atoms with E-state index in [0.29, 0.717) is 27.0 Å². The minimum atomic E-state index is -0.211. The van der Waals surface area contributed by atoms with Crippen LogP contribution >= 0.6 is 23.2 Å². The summed E-state index contributed by atoms with van der Waals surface area (Å²) in [6.45, 7) is 1.99. The average Bonchev–Trinajstić information content (AvgIpc) is 2.84. The van der Waals surface area contributed by atoms with Crippen LogP contribution in [0.4, 0.5) is 0 Å². The summed E-state index contributed by atoms with van der Waals surface area (Å²) >= 11 is 11.8. The van der Waals surface area contributed by atoms with E-state index in [1.54, 1.807) is 24.3 Å². The second kappa shape index (κ2) is 4.97. The molecule has 0 unspecified atom stereocenters. The highest BCUT2D eigenvalue weighted by atomic mass is 35.5. The summed E-state index contributed by atoms with van der Waals surface area (Å²) in [6, 6.07) is 12.3. The number of hydrogen-bond donors (Lipinski definition) is 0. The van der Waals surface area contributed by atoms with Crippen LogP contribution in [0.15, 0.2) is 46.9 Å². The lowest BCUT2D eigenvalue weighted by molar-refractivity contribution is 0.101. The van der Waals surface area contributed by atoms with Crippen LogP contribution in [0.3, 0.4) is 0 Å². The first-order valence-electron chi connectivity index (χ1n) is 6.04. The Morgan fingerprint density at radius 3 is 2.55 bits per heavy atom. The van der Waals surface area contributed by atoms with Crippen LogP contribution in [0, 0.1) is 6.92 Å². The predicted octanol–water partition coefficient (Wildman–Crippen LogP) is 5.28. The van der Waals surface area contributed by atoms with Gasteiger partial charge in [-0.2, -0.15) is 0 Å². The predicted molar refractivity (Wildman–Crippen MR) is 80.8 cm³/mol. The van der Waals surface area contributed by atoms with Crippen LogP contribution in [-0.2, 0) is 0 Å². The van der Waals surface area contributed by atoms with Crippen molar-refractivity contribution in [3.63, 3.8) is 0 Å². The Bertz CT molecular complexity index is 818. The Morgan fingerprint density at radius 1 is 1.00 bits per heavy atom. The van der Waals surface area contributed by atoms with Gasteiger partial charge < -0.3 is 4.42 Å². The smallest absolute Gasteiger partial charge is 0.228 e. The largest absolute Gasteiger partial charge is 0.453 e. The number of fused-ring (bicyclic) bond motifs is 1. The lowest BCUT2D eigenvalue weighted by Gasteiger charge is -2.00. The number of furan rings is 1. The van der Waals surface area contributed by atoms with Gasteiger partial charge in [0, 0.05) is 10.9 Å². The molecule has 0 radical (unpaired) electrons. The first kappa shape index (κ1) is 13.2. The van der Waals surface area contributed by atoms with Crippen LogP contribution in [0.5, 0.6) is 0 Å². The third kappa shape index (κ3) is 2.33. The standard InChI is InChI=1S/C16H10Cl2O2/c1-9-2-5-14-11(6-9)8-15(20-14)16(19)10-3-4-12(17)13(18)7-10/h2-8H,1H3. The van der Waals surface area contributed by atoms with Crippen LogP contribution in [0.1, 0.15) is 21.7 Å². The van der Waals surface area contributed by atoms with E-state index < -0.39 is 0 Å². The van der Waals surface area contributed by atoms with Gasteiger partial charge in [0.15, 0.2) is 5.76 Å². The molecule has 1 heterocycles. The molecule has 0 saturated carbocycles. The fraction of sp³-hybridized carbons (Fsp3) is 0.0625. The summed E-state index contributed by atoms with van der Waals surface area (Å²) in [7, 11) is 0. The number of rotatable bonds is 2. The highest BCUT2D eigenvalue weighted by Crippen LogP contribution is 2.26. The van der Waals surface area contributed by atoms with Crippen molar-refractivity contribution < 1.29 is 9.21 Å². The molecule has 0 aliphatic rings. The van der Waals surface area contributed by atoms with Crippen molar-refractivity contribution in [2.75, 3.05) is 0 Å². The Balaban J connectivity index is 2.05. The zero-order valence-corrected chi connectivity index (χ0v) is 12.1. The van der Waals surface area contributed by atoms with Gasteiger partial charge in [0.25, 0.3) is 0 Å². The van der Waals surface area contributed by atoms with E-state index in [0.717, 1.165) is 10.9 Å². The van der Waals surface area contributed by atoms with Crippen molar-refractivity contribution in [1.82, 2.24) is 0 Å². The molecule has 2 nitrogen and oxygen atoms in total. The third-order valence-electron chi connectivity index (χ3n) is 3.08. The molecule has 4 heteroatoms. The van der Waals surface area contributed by atoms with E-state index in [-0.39, 0.29) is 5.78 Å². The normalized spacial score (nSPS) is 10.9. The van der Waals surface area contributed by atoms with Crippen molar-refractivity contribution in [3.05, 3.63) is 69.4 Å². The van der Waals surface area contributed by atoms with Crippen molar-refractivity contribution in [2.24, 2.45) is 0 Å². The van der Waals surface area contributed by atoms with E-state index >= 15 is 0 Å². The SMILES string of the molecule is Cc1ccc2oc(C(=O)c3ccc(Cl)c(Cl)c3)cc2c1. The molecule has 0 spiro atoms. The summed E-state index contributed by atoms with van der Waals surface area (Å²) in [6.07, 6.45) is 0. The second-order valence-corrected chi connectivity index (χ2v) is 5.42. The maximum absolute atomic E-state index is 12.4. The molecule has 1 aromatic heterocycles. The average molecular weight is 305 g/mol. The van der Waals surface area contributed by atoms with Gasteiger partial charge >= 0.3 is 0 Å². The highest BCUT2D eigenvalue weighted by molar-refractivity contribution is 6.42. The molecule has 0 bridgehead atoms. The van der Waals surface area contributed by atoms with E-state index in [9.17, 15) is 4.79 Å². The molecule has 0 fully saturated rings. The number of carbonyl (C=O) groups excluding carboxylic acids is 1. The molecule has 0 aliphatic carbocycles. The molecule has 0 amide bonds. The third-order valence-corrected chi connectivity index (χ3v) is 3.82. The molecule has 20 heavy (non-hydrogen) atoms. The van der Waals surface area contributed by atoms with Gasteiger partial charge in [-0.15, -0.1) is 0 Å². The number of ketones is 1. The summed E-state index contributed by atoms with van der Waals surface area (Å²) < 4.78 is 5.58. The molecular formula is C16H10Cl2O2. The van der Waals surface area contributed by atoms with Gasteiger partial charge in [-0.3, -0.25) is 4.79 Å². The zero-order valence-electron chi connectivity index (χ0n) is 10.6. The number of benzene rings is 2. The molecule has 2 aromatic carbocycles. The van der Waals surface area contributed by atoms with E-state index in [2.05, 4.69) is 0 Å². The molecule has 0 aliphatic heterocycles. The Kier molecular flexibility index (Phi) is 3.28. The molecule has 0 saturated heterocycles. The van der Waals surface area contributed by atoms with E-state index in [1.165, 1.54) is 0 Å². The van der Waals surface area contributed by atoms with Crippen molar-refractivity contribution in [2.45, 2.75) is 6.92 Å². The Labute approximate surface area is 125 Å². The van der Waals surface area contributed by atoms with Crippen molar-refractivity contribution in [3.8, 4) is 0 Å². The summed E-state index contributed by atoms with van der Waals surface area (Å²) in [4.78, 5) is 12.4. The van der Waals surface area contributed by atoms with Gasteiger partial charge in [0.2, 0.25) is 5.78 Å². The Hall–Kier alpha value is -1.77. The fourth-order valence-electron chi connectivity index (χ4n) is 2.05. The van der Waals surface area contributed by atoms with Crippen LogP contribution in [0.2, 0.25) is 10.0 Å². The fourth-order valence-corrected chi connectivity index (χ4v) is 2.35. The minimum Gasteiger partial charge on any atom is -0.453 e. The van der Waals surface area contributed by atoms with Gasteiger partial charge in [0.1, 0.15) is 5.58 Å². The summed E-state index contributed by atoms with van der Waals surface area (Å²) in [5.41, 5.74) is 2.26. The van der Waals surface area contributed by atoms with Crippen LogP contribution < -0.4 is 0 Å². The van der Waals surface area contributed by atoms with Crippen molar-refractivity contribution in [1.29, 1.82) is 0 Å². The summed E-state index contributed by atoms with van der Waals surface area (Å²) in [5.74, 6) is 0.0846. The van der Waals surface area contributed by atoms with Gasteiger partial charge in [-0.25, -0.2) is 0 Å². The molecular weight excluding hydrogens is 295 g/mol. The molecule has 0 N–H and O–H groups in total. The molecule has 3 rings (SSSR count). The van der Waals surface area contributed by atoms with Crippen LogP contribution in [-0.4, -0.2) is 5.78 Å². The maximum atomic E-state index is 12.4. The highest BCUT2D eigenvalue weighted by Gasteiger charge is 2.15. The lowest BCUT2D eigenvalue weighted by Crippen LogP contribution is -1.99. The topological polar surface area (TPSA) is 30.2 Å². The van der Waals surface area contributed by atoms with Crippen molar-refractivity contribution >= 4 is 40.0 Å². The van der Waals surface area contributed by atoms with Gasteiger partial charge in [-0.05, 0) is 43.3 Å². The minimum absolute atomic E-state index is 0.211. The molecule has 100 valence electrons. The number of halogens is 2. The second-order valence-electron chi connectivity index (χ2n) is 4.61. The first-order valence-corrected chi connectivity index (χ1v) is 6.80. The number of carbonyl (C=O) groups is 1. The van der Waals surface area contributed by atoms with Crippen LogP contribution in [0.25, 0.3) is 11.0 Å². The lowest BCUT2D eigenvalue weighted by atomic mass is 10.1. The molecule has 0 atom stereocenters. The van der Waals surface area contributed by atoms with E-state index in [1.807, 2.05) is 25.1 Å². The maximum Gasteiger partial charge on any atom is 0.228 e. The van der Waals surface area contributed by atoms with Gasteiger partial charge in [0.05, 0.1) is 10.0 Å². The zero-order chi connectivity index (χ0) is 14.3. The Morgan fingerprint density at radius 2 is 1.80 bits per heavy atom. The first-order chi connectivity index (χ1) is 9.54. The van der Waals surface area contributed by atoms with E-state index in [4.69, 9.17) is 27.6 Å². The molecule has 3 aromatic rings. The number of aryl methyl sites for hydroxylation is 1. The summed E-state index contributed by atoms with van der Waals surface area (Å²) in [5, 5.41) is 1.68. The monoisotopic (exact) mass is 304 g/mol. The quantitative estimate of drug-likeness (QED) is 0.603. The number of hydrogen-bond acceptors (Lipinski definition) is 2.